The van der Waals surface area contributed by atoms with Crippen molar-refractivity contribution >= 4 is 10.0 Å². The summed E-state index contributed by atoms with van der Waals surface area (Å²) in [6.07, 6.45) is 12.9. The van der Waals surface area contributed by atoms with Crippen molar-refractivity contribution in [1.29, 1.82) is 0 Å². The average Bonchev–Trinajstić information content (AvgIpc) is 2.55. The van der Waals surface area contributed by atoms with Crippen LogP contribution in [-0.4, -0.2) is 19.3 Å². The summed E-state index contributed by atoms with van der Waals surface area (Å²) in [7, 11) is -3.69. The van der Waals surface area contributed by atoms with Crippen LogP contribution in [0.15, 0.2) is 40.8 Å². The van der Waals surface area contributed by atoms with Gasteiger partial charge in [0, 0.05) is 6.04 Å². The monoisotopic (exact) mass is 327 g/mol. The van der Waals surface area contributed by atoms with Crippen LogP contribution < -0.4 is 0 Å². The minimum atomic E-state index is -3.69. The van der Waals surface area contributed by atoms with Crippen molar-refractivity contribution in [1.82, 2.24) is 4.31 Å². The lowest BCUT2D eigenvalue weighted by Gasteiger charge is -2.15. The molecule has 0 amide bonds. The SMILES string of the molecule is C#CCN(C#CC=C1CCCCC1)S(=O)(=O)c1ccc(C)cc1. The number of rotatable bonds is 3. The van der Waals surface area contributed by atoms with E-state index in [-0.39, 0.29) is 11.4 Å². The van der Waals surface area contributed by atoms with E-state index in [0.717, 1.165) is 22.7 Å². The minimum absolute atomic E-state index is 0.0631. The number of sulfonamides is 1. The van der Waals surface area contributed by atoms with E-state index in [9.17, 15) is 8.42 Å². The Kier molecular flexibility index (Phi) is 5.90. The van der Waals surface area contributed by atoms with Gasteiger partial charge in [0.1, 0.15) is 6.54 Å². The Morgan fingerprint density at radius 2 is 1.83 bits per heavy atom. The minimum Gasteiger partial charge on any atom is -0.212 e. The van der Waals surface area contributed by atoms with Gasteiger partial charge >= 0.3 is 0 Å². The zero-order chi connectivity index (χ0) is 16.7. The van der Waals surface area contributed by atoms with E-state index >= 15 is 0 Å². The van der Waals surface area contributed by atoms with Gasteiger partial charge in [-0.3, -0.25) is 0 Å². The van der Waals surface area contributed by atoms with Crippen molar-refractivity contribution in [2.75, 3.05) is 6.54 Å². The molecule has 1 aromatic rings. The molecule has 120 valence electrons. The van der Waals surface area contributed by atoms with E-state index in [2.05, 4.69) is 17.9 Å². The average molecular weight is 327 g/mol. The van der Waals surface area contributed by atoms with Gasteiger partial charge in [-0.15, -0.1) is 6.42 Å². The molecule has 0 radical (unpaired) electrons. The smallest absolute Gasteiger partial charge is 0.212 e. The fourth-order valence-electron chi connectivity index (χ4n) is 2.46. The summed E-state index contributed by atoms with van der Waals surface area (Å²) in [4.78, 5) is 0.206. The van der Waals surface area contributed by atoms with Crippen LogP contribution in [0.3, 0.4) is 0 Å². The lowest BCUT2D eigenvalue weighted by atomic mass is 9.95. The molecule has 3 nitrogen and oxygen atoms in total. The molecule has 1 aliphatic carbocycles. The van der Waals surface area contributed by atoms with Gasteiger partial charge < -0.3 is 0 Å². The second-order valence-corrected chi connectivity index (χ2v) is 7.51. The van der Waals surface area contributed by atoms with Gasteiger partial charge in [-0.2, -0.15) is 0 Å². The first-order valence-corrected chi connectivity index (χ1v) is 9.20. The molecule has 0 aliphatic heterocycles. The van der Waals surface area contributed by atoms with Gasteiger partial charge in [0.15, 0.2) is 0 Å². The maximum absolute atomic E-state index is 12.6. The van der Waals surface area contributed by atoms with Crippen LogP contribution in [-0.2, 0) is 10.0 Å². The second kappa shape index (κ2) is 7.90. The molecule has 1 saturated carbocycles. The summed E-state index contributed by atoms with van der Waals surface area (Å²) in [6, 6.07) is 9.38. The van der Waals surface area contributed by atoms with Crippen LogP contribution in [0.5, 0.6) is 0 Å². The van der Waals surface area contributed by atoms with Crippen LogP contribution >= 0.6 is 0 Å². The maximum atomic E-state index is 12.6. The van der Waals surface area contributed by atoms with Crippen LogP contribution in [0.4, 0.5) is 0 Å². The zero-order valence-corrected chi connectivity index (χ0v) is 14.2. The van der Waals surface area contributed by atoms with Gasteiger partial charge in [-0.25, -0.2) is 12.7 Å². The van der Waals surface area contributed by atoms with Crippen LogP contribution in [0.25, 0.3) is 0 Å². The Morgan fingerprint density at radius 3 is 2.43 bits per heavy atom. The number of allylic oxidation sites excluding steroid dienone is 2. The van der Waals surface area contributed by atoms with Gasteiger partial charge in [0.05, 0.1) is 4.90 Å². The van der Waals surface area contributed by atoms with Crippen LogP contribution in [0, 0.1) is 31.2 Å². The molecule has 0 atom stereocenters. The van der Waals surface area contributed by atoms with Crippen molar-refractivity contribution in [3.8, 4) is 24.3 Å². The summed E-state index contributed by atoms with van der Waals surface area (Å²) in [5, 5.41) is 0. The molecule has 0 unspecified atom stereocenters. The molecule has 2 rings (SSSR count). The number of nitrogens with zero attached hydrogens (tertiary/aromatic N) is 1. The molecule has 0 saturated heterocycles. The lowest BCUT2D eigenvalue weighted by Crippen LogP contribution is -2.27. The third-order valence-corrected chi connectivity index (χ3v) is 5.47. The van der Waals surface area contributed by atoms with E-state index in [1.54, 1.807) is 24.3 Å². The van der Waals surface area contributed by atoms with Crippen molar-refractivity contribution in [3.05, 3.63) is 41.5 Å². The highest BCUT2D eigenvalue weighted by Crippen LogP contribution is 2.22. The zero-order valence-electron chi connectivity index (χ0n) is 13.4. The number of aryl methyl sites for hydroxylation is 1. The fraction of sp³-hybridized carbons (Fsp3) is 0.368. The van der Waals surface area contributed by atoms with Crippen molar-refractivity contribution in [2.45, 2.75) is 43.9 Å². The Bertz CT molecular complexity index is 763. The molecule has 0 heterocycles. The molecule has 0 bridgehead atoms. The first-order chi connectivity index (χ1) is 11.0. The maximum Gasteiger partial charge on any atom is 0.271 e. The molecule has 0 spiro atoms. The molecule has 23 heavy (non-hydrogen) atoms. The summed E-state index contributed by atoms with van der Waals surface area (Å²) >= 11 is 0. The van der Waals surface area contributed by atoms with Crippen molar-refractivity contribution < 1.29 is 8.42 Å². The largest absolute Gasteiger partial charge is 0.271 e. The topological polar surface area (TPSA) is 37.4 Å². The molecule has 1 aromatic carbocycles. The number of hydrogen-bond donors (Lipinski definition) is 0. The quantitative estimate of drug-likeness (QED) is 0.630. The molecule has 0 aromatic heterocycles. The Balaban J connectivity index is 2.24. The van der Waals surface area contributed by atoms with Gasteiger partial charge in [0.25, 0.3) is 10.0 Å². The molecule has 0 N–H and O–H groups in total. The number of benzene rings is 1. The normalized spacial score (nSPS) is 14.3. The van der Waals surface area contributed by atoms with Crippen LogP contribution in [0.2, 0.25) is 0 Å². The predicted molar refractivity (Wildman–Crippen MR) is 92.8 cm³/mol. The van der Waals surface area contributed by atoms with E-state index in [1.165, 1.54) is 24.8 Å². The second-order valence-electron chi connectivity index (χ2n) is 5.65. The Morgan fingerprint density at radius 1 is 1.17 bits per heavy atom. The highest BCUT2D eigenvalue weighted by atomic mass is 32.2. The standard InChI is InChI=1S/C19H21NO2S/c1-3-15-20(16-7-10-18-8-5-4-6-9-18)23(21,22)19-13-11-17(2)12-14-19/h1,10-14H,4-6,8-9,15H2,2H3. The van der Waals surface area contributed by atoms with Crippen LogP contribution in [0.1, 0.15) is 37.7 Å². The third-order valence-electron chi connectivity index (χ3n) is 3.81. The lowest BCUT2D eigenvalue weighted by molar-refractivity contribution is 0.535. The predicted octanol–water partition coefficient (Wildman–Crippen LogP) is 3.47. The number of terminal acetylenes is 1. The fourth-order valence-corrected chi connectivity index (χ4v) is 3.61. The molecular weight excluding hydrogens is 306 g/mol. The summed E-state index contributed by atoms with van der Waals surface area (Å²) in [5.41, 5.74) is 2.29. The van der Waals surface area contributed by atoms with E-state index in [4.69, 9.17) is 6.42 Å². The first-order valence-electron chi connectivity index (χ1n) is 7.76. The van der Waals surface area contributed by atoms with Gasteiger partial charge in [-0.1, -0.05) is 41.5 Å². The van der Waals surface area contributed by atoms with E-state index in [0.29, 0.717) is 0 Å². The molecule has 1 fully saturated rings. The highest BCUT2D eigenvalue weighted by Gasteiger charge is 2.21. The van der Waals surface area contributed by atoms with Crippen molar-refractivity contribution in [2.24, 2.45) is 0 Å². The van der Waals surface area contributed by atoms with E-state index in [1.807, 2.05) is 13.0 Å². The van der Waals surface area contributed by atoms with Gasteiger partial charge in [0.2, 0.25) is 0 Å². The molecule has 4 heteroatoms. The van der Waals surface area contributed by atoms with Gasteiger partial charge in [-0.05, 0) is 50.8 Å². The number of hydrogen-bond acceptors (Lipinski definition) is 2. The van der Waals surface area contributed by atoms with E-state index < -0.39 is 10.0 Å². The Labute approximate surface area is 139 Å². The summed E-state index contributed by atoms with van der Waals surface area (Å²) < 4.78 is 26.3. The first kappa shape index (κ1) is 17.2. The summed E-state index contributed by atoms with van der Waals surface area (Å²) in [6.45, 7) is 1.85. The highest BCUT2D eigenvalue weighted by molar-refractivity contribution is 7.89. The molecular formula is C19H21NO2S. The molecule has 1 aliphatic rings. The Hall–Kier alpha value is -2.17. The summed E-state index contributed by atoms with van der Waals surface area (Å²) in [5.74, 6) is 5.23. The third kappa shape index (κ3) is 4.65. The van der Waals surface area contributed by atoms with Crippen molar-refractivity contribution in [3.63, 3.8) is 0 Å².